The average molecular weight is 387 g/mol. The summed E-state index contributed by atoms with van der Waals surface area (Å²) in [5.74, 6) is 0.139. The molecule has 0 aromatic heterocycles. The number of carbonyl (C=O) groups is 2. The number of likely N-dealkylation sites (tertiary alicyclic amines) is 2. The Morgan fingerprint density at radius 3 is 2.19 bits per heavy atom. The summed E-state index contributed by atoms with van der Waals surface area (Å²) in [5.41, 5.74) is -0.874. The van der Waals surface area contributed by atoms with Crippen molar-refractivity contribution >= 4 is 22.0 Å². The summed E-state index contributed by atoms with van der Waals surface area (Å²) in [6, 6.07) is 0. The van der Waals surface area contributed by atoms with E-state index < -0.39 is 15.6 Å². The van der Waals surface area contributed by atoms with E-state index >= 15 is 0 Å². The first kappa shape index (κ1) is 19.6. The third-order valence-electron chi connectivity index (χ3n) is 6.77. The molecule has 0 aromatic carbocycles. The van der Waals surface area contributed by atoms with Crippen LogP contribution in [0.4, 0.5) is 0 Å². The number of hydrogen-bond acceptors (Lipinski definition) is 4. The molecule has 0 unspecified atom stereocenters. The molecule has 0 aromatic rings. The van der Waals surface area contributed by atoms with Gasteiger partial charge in [0.2, 0.25) is 11.8 Å². The molecule has 9 heteroatoms. The largest absolute Gasteiger partial charge is 0.342 e. The van der Waals surface area contributed by atoms with Crippen molar-refractivity contribution in [2.75, 3.05) is 53.4 Å². The molecule has 3 aliphatic heterocycles. The molecular weight excluding hydrogens is 356 g/mol. The van der Waals surface area contributed by atoms with E-state index in [0.717, 1.165) is 13.0 Å². The zero-order valence-corrected chi connectivity index (χ0v) is 17.0. The fraction of sp³-hybridized carbons (Fsp3) is 0.882. The van der Waals surface area contributed by atoms with E-state index in [4.69, 9.17) is 0 Å². The summed E-state index contributed by atoms with van der Waals surface area (Å²) >= 11 is 0. The van der Waals surface area contributed by atoms with Gasteiger partial charge < -0.3 is 9.80 Å². The lowest BCUT2D eigenvalue weighted by Gasteiger charge is -2.46. The molecule has 3 rings (SSSR count). The van der Waals surface area contributed by atoms with Crippen LogP contribution < -0.4 is 0 Å². The van der Waals surface area contributed by atoms with Gasteiger partial charge in [-0.1, -0.05) is 0 Å². The highest BCUT2D eigenvalue weighted by atomic mass is 32.2. The third kappa shape index (κ3) is 2.66. The van der Waals surface area contributed by atoms with Gasteiger partial charge in [-0.25, -0.2) is 0 Å². The number of carbonyl (C=O) groups excluding carboxylic acids is 2. The topological polar surface area (TPSA) is 81.2 Å². The molecule has 3 fully saturated rings. The lowest BCUT2D eigenvalue weighted by Crippen LogP contribution is -2.54. The van der Waals surface area contributed by atoms with Gasteiger partial charge >= 0.3 is 0 Å². The Balaban J connectivity index is 1.90. The molecule has 3 saturated heterocycles. The monoisotopic (exact) mass is 386 g/mol. The van der Waals surface area contributed by atoms with Crippen LogP contribution in [-0.2, 0) is 19.8 Å². The summed E-state index contributed by atoms with van der Waals surface area (Å²) in [6.45, 7) is 6.75. The van der Waals surface area contributed by atoms with Crippen LogP contribution in [0.1, 0.15) is 33.1 Å². The highest BCUT2D eigenvalue weighted by Crippen LogP contribution is 2.58. The van der Waals surface area contributed by atoms with Crippen LogP contribution in [0.15, 0.2) is 0 Å². The van der Waals surface area contributed by atoms with Crippen molar-refractivity contribution < 1.29 is 18.0 Å². The number of rotatable bonds is 3. The molecule has 0 N–H and O–H groups in total. The van der Waals surface area contributed by atoms with Gasteiger partial charge in [-0.15, -0.1) is 0 Å². The van der Waals surface area contributed by atoms with Crippen molar-refractivity contribution in [1.82, 2.24) is 18.4 Å². The van der Waals surface area contributed by atoms with Crippen molar-refractivity contribution in [3.63, 3.8) is 0 Å². The molecule has 0 bridgehead atoms. The van der Waals surface area contributed by atoms with E-state index in [-0.39, 0.29) is 17.2 Å². The number of nitrogens with zero attached hydrogens (tertiary/aromatic N) is 4. The average Bonchev–Trinajstić information content (AvgIpc) is 3.08. The van der Waals surface area contributed by atoms with E-state index in [9.17, 15) is 18.0 Å². The third-order valence-corrected chi connectivity index (χ3v) is 8.71. The molecule has 0 saturated carbocycles. The predicted molar refractivity (Wildman–Crippen MR) is 97.4 cm³/mol. The number of hydrogen-bond donors (Lipinski definition) is 0. The lowest BCUT2D eigenvalue weighted by atomic mass is 9.60. The molecule has 0 radical (unpaired) electrons. The van der Waals surface area contributed by atoms with Crippen molar-refractivity contribution in [1.29, 1.82) is 0 Å². The van der Waals surface area contributed by atoms with E-state index in [2.05, 4.69) is 0 Å². The SMILES string of the molecule is CCN1CC[C@@]2(CN(C(C)=O)CC23CCN(S(=O)(=O)N(C)C)CC3)C1=O. The zero-order chi connectivity index (χ0) is 19.3. The fourth-order valence-corrected chi connectivity index (χ4v) is 6.18. The second kappa shape index (κ2) is 6.45. The highest BCUT2D eigenvalue weighted by molar-refractivity contribution is 7.86. The van der Waals surface area contributed by atoms with Gasteiger partial charge in [-0.05, 0) is 26.2 Å². The van der Waals surface area contributed by atoms with Gasteiger partial charge in [-0.3, -0.25) is 9.59 Å². The first-order valence-electron chi connectivity index (χ1n) is 9.32. The molecular formula is C17H30N4O4S. The standard InChI is InChI=1S/C17H30N4O4S/c1-5-19-9-8-17(15(19)23)13-20(14(2)22)12-16(17)6-10-21(11-7-16)26(24,25)18(3)4/h5-13H2,1-4H3/t17-/m1/s1. The summed E-state index contributed by atoms with van der Waals surface area (Å²) in [6.07, 6.45) is 1.99. The summed E-state index contributed by atoms with van der Waals surface area (Å²) in [5, 5.41) is 0. The minimum atomic E-state index is -3.45. The van der Waals surface area contributed by atoms with E-state index in [1.165, 1.54) is 22.7 Å². The molecule has 0 aliphatic carbocycles. The molecule has 148 valence electrons. The Morgan fingerprint density at radius 2 is 1.73 bits per heavy atom. The van der Waals surface area contributed by atoms with Crippen LogP contribution in [0.25, 0.3) is 0 Å². The second-order valence-corrected chi connectivity index (χ2v) is 10.2. The Bertz CT molecular complexity index is 700. The number of fused-ring (bicyclic) bond motifs is 1. The van der Waals surface area contributed by atoms with Crippen LogP contribution in [0.5, 0.6) is 0 Å². The Labute approximate surface area is 156 Å². The summed E-state index contributed by atoms with van der Waals surface area (Å²) < 4.78 is 27.6. The van der Waals surface area contributed by atoms with Crippen LogP contribution in [0.3, 0.4) is 0 Å². The maximum atomic E-state index is 13.2. The second-order valence-electron chi connectivity index (χ2n) is 8.06. The minimum Gasteiger partial charge on any atom is -0.342 e. The Kier molecular flexibility index (Phi) is 4.86. The first-order chi connectivity index (χ1) is 12.1. The highest BCUT2D eigenvalue weighted by Gasteiger charge is 2.65. The molecule has 2 spiro atoms. The first-order valence-corrected chi connectivity index (χ1v) is 10.7. The maximum Gasteiger partial charge on any atom is 0.281 e. The van der Waals surface area contributed by atoms with Crippen LogP contribution >= 0.6 is 0 Å². The minimum absolute atomic E-state index is 0.00709. The quantitative estimate of drug-likeness (QED) is 0.682. The maximum absolute atomic E-state index is 13.2. The molecule has 3 heterocycles. The Morgan fingerprint density at radius 1 is 1.12 bits per heavy atom. The van der Waals surface area contributed by atoms with Crippen LogP contribution in [0, 0.1) is 10.8 Å². The van der Waals surface area contributed by atoms with Crippen LogP contribution in [-0.4, -0.2) is 92.0 Å². The molecule has 2 amide bonds. The molecule has 3 aliphatic rings. The molecule has 8 nitrogen and oxygen atoms in total. The van der Waals surface area contributed by atoms with Gasteiger partial charge in [0.15, 0.2) is 0 Å². The smallest absolute Gasteiger partial charge is 0.281 e. The van der Waals surface area contributed by atoms with E-state index in [1.54, 1.807) is 11.8 Å². The van der Waals surface area contributed by atoms with Gasteiger partial charge in [0.25, 0.3) is 10.2 Å². The van der Waals surface area contributed by atoms with Gasteiger partial charge in [0, 0.05) is 65.7 Å². The Hall–Kier alpha value is -1.19. The molecule has 1 atom stereocenters. The van der Waals surface area contributed by atoms with Crippen molar-refractivity contribution in [2.24, 2.45) is 10.8 Å². The van der Waals surface area contributed by atoms with Crippen molar-refractivity contribution in [3.8, 4) is 0 Å². The predicted octanol–water partition coefficient (Wildman–Crippen LogP) is -0.0243. The van der Waals surface area contributed by atoms with Gasteiger partial charge in [0.1, 0.15) is 0 Å². The zero-order valence-electron chi connectivity index (χ0n) is 16.2. The number of amides is 2. The van der Waals surface area contributed by atoms with E-state index in [0.29, 0.717) is 45.6 Å². The normalized spacial score (nSPS) is 29.5. The summed E-state index contributed by atoms with van der Waals surface area (Å²) in [4.78, 5) is 29.0. The van der Waals surface area contributed by atoms with Crippen molar-refractivity contribution in [3.05, 3.63) is 0 Å². The van der Waals surface area contributed by atoms with E-state index in [1.807, 2.05) is 11.8 Å². The molecule has 26 heavy (non-hydrogen) atoms. The lowest BCUT2D eigenvalue weighted by molar-refractivity contribution is -0.141. The number of piperidine rings is 1. The van der Waals surface area contributed by atoms with Gasteiger partial charge in [-0.2, -0.15) is 17.0 Å². The van der Waals surface area contributed by atoms with Crippen molar-refractivity contribution in [2.45, 2.75) is 33.1 Å². The summed E-state index contributed by atoms with van der Waals surface area (Å²) in [7, 11) is -0.378. The van der Waals surface area contributed by atoms with Crippen LogP contribution in [0.2, 0.25) is 0 Å². The fourth-order valence-electron chi connectivity index (χ4n) is 5.08. The van der Waals surface area contributed by atoms with Gasteiger partial charge in [0.05, 0.1) is 5.41 Å².